The Morgan fingerprint density at radius 2 is 1.97 bits per heavy atom. The van der Waals surface area contributed by atoms with E-state index in [9.17, 15) is 18.3 Å². The Morgan fingerprint density at radius 3 is 2.48 bits per heavy atom. The van der Waals surface area contributed by atoms with E-state index in [-0.39, 0.29) is 12.6 Å². The van der Waals surface area contributed by atoms with E-state index in [0.717, 1.165) is 31.6 Å². The summed E-state index contributed by atoms with van der Waals surface area (Å²) < 4.78 is 42.0. The van der Waals surface area contributed by atoms with Gasteiger partial charge >= 0.3 is 6.18 Å². The molecule has 0 aromatic carbocycles. The second kappa shape index (κ2) is 10.3. The first-order chi connectivity index (χ1) is 13.7. The Balaban J connectivity index is 2.01. The van der Waals surface area contributed by atoms with Crippen LogP contribution in [0.3, 0.4) is 0 Å². The molecule has 0 bridgehead atoms. The van der Waals surface area contributed by atoms with Crippen LogP contribution in [0.15, 0.2) is 17.4 Å². The van der Waals surface area contributed by atoms with Gasteiger partial charge in [-0.05, 0) is 38.5 Å². The topological polar surface area (TPSA) is 74.5 Å². The Bertz CT molecular complexity index is 653. The molecule has 1 aromatic rings. The average Bonchev–Trinajstić information content (AvgIpc) is 3.09. The summed E-state index contributed by atoms with van der Waals surface area (Å²) in [5, 5.41) is 16.9. The van der Waals surface area contributed by atoms with Crippen LogP contribution in [0, 0.1) is 5.92 Å². The molecule has 1 atom stereocenters. The van der Waals surface area contributed by atoms with Crippen molar-refractivity contribution in [2.45, 2.75) is 76.6 Å². The number of aliphatic hydroxyl groups is 1. The molecule has 1 saturated carbocycles. The first kappa shape index (κ1) is 23.5. The van der Waals surface area contributed by atoms with E-state index in [4.69, 9.17) is 0 Å². The van der Waals surface area contributed by atoms with Gasteiger partial charge in [0.2, 0.25) is 5.60 Å². The van der Waals surface area contributed by atoms with Crippen molar-refractivity contribution >= 4 is 5.96 Å². The summed E-state index contributed by atoms with van der Waals surface area (Å²) in [6, 6.07) is 0.275. The highest BCUT2D eigenvalue weighted by Crippen LogP contribution is 2.40. The zero-order valence-electron chi connectivity index (χ0n) is 17.6. The van der Waals surface area contributed by atoms with Crippen molar-refractivity contribution in [3.8, 4) is 0 Å². The number of guanidine groups is 1. The SMILES string of the molecule is CCCC1CCC(NC(=NCCC(O)(c2nccn2C)C(F)(F)F)NCC)CC1. The average molecular weight is 418 g/mol. The first-order valence-corrected chi connectivity index (χ1v) is 10.5. The van der Waals surface area contributed by atoms with Gasteiger partial charge in [0.1, 0.15) is 5.82 Å². The number of rotatable bonds is 8. The van der Waals surface area contributed by atoms with Crippen molar-refractivity contribution in [2.24, 2.45) is 18.0 Å². The fourth-order valence-corrected chi connectivity index (χ4v) is 3.99. The van der Waals surface area contributed by atoms with Gasteiger partial charge < -0.3 is 20.3 Å². The quantitative estimate of drug-likeness (QED) is 0.447. The molecule has 1 aromatic heterocycles. The highest BCUT2D eigenvalue weighted by atomic mass is 19.4. The van der Waals surface area contributed by atoms with Crippen LogP contribution in [0.25, 0.3) is 0 Å². The van der Waals surface area contributed by atoms with Crippen LogP contribution >= 0.6 is 0 Å². The molecule has 1 aliphatic carbocycles. The summed E-state index contributed by atoms with van der Waals surface area (Å²) in [5.74, 6) is 0.848. The van der Waals surface area contributed by atoms with Gasteiger partial charge in [-0.15, -0.1) is 0 Å². The summed E-state index contributed by atoms with van der Waals surface area (Å²) in [6.07, 6.45) is 4.05. The molecule has 0 aliphatic heterocycles. The fraction of sp³-hybridized carbons (Fsp3) is 0.800. The monoisotopic (exact) mass is 417 g/mol. The number of nitrogens with one attached hydrogen (secondary N) is 2. The van der Waals surface area contributed by atoms with E-state index < -0.39 is 24.0 Å². The van der Waals surface area contributed by atoms with Crippen molar-refractivity contribution in [1.29, 1.82) is 0 Å². The number of hydrogen-bond donors (Lipinski definition) is 3. The van der Waals surface area contributed by atoms with Crippen LogP contribution in [0.5, 0.6) is 0 Å². The van der Waals surface area contributed by atoms with Gasteiger partial charge in [-0.25, -0.2) is 4.98 Å². The highest BCUT2D eigenvalue weighted by Gasteiger charge is 2.57. The van der Waals surface area contributed by atoms with Crippen LogP contribution in [0.4, 0.5) is 13.2 Å². The Morgan fingerprint density at radius 1 is 1.28 bits per heavy atom. The van der Waals surface area contributed by atoms with Crippen molar-refractivity contribution in [3.05, 3.63) is 18.2 Å². The van der Waals surface area contributed by atoms with E-state index in [1.807, 2.05) is 6.92 Å². The Kier molecular flexibility index (Phi) is 8.36. The third-order valence-electron chi connectivity index (χ3n) is 5.63. The summed E-state index contributed by atoms with van der Waals surface area (Å²) >= 11 is 0. The summed E-state index contributed by atoms with van der Waals surface area (Å²) in [6.45, 7) is 4.55. The van der Waals surface area contributed by atoms with Crippen LogP contribution in [-0.4, -0.2) is 45.9 Å². The molecule has 6 nitrogen and oxygen atoms in total. The van der Waals surface area contributed by atoms with Crippen molar-refractivity contribution in [3.63, 3.8) is 0 Å². The standard InChI is InChI=1S/C20H34F3N5O/c1-4-6-15-7-9-16(10-8-15)27-18(24-5-2)26-12-11-19(29,20(21,22)23)17-25-13-14-28(17)3/h13-16,29H,4-12H2,1-3H3,(H2,24,26,27). The van der Waals surface area contributed by atoms with Gasteiger partial charge in [-0.2, -0.15) is 13.2 Å². The molecule has 1 aliphatic rings. The molecule has 9 heteroatoms. The van der Waals surface area contributed by atoms with Crippen molar-refractivity contribution < 1.29 is 18.3 Å². The van der Waals surface area contributed by atoms with Gasteiger partial charge in [-0.1, -0.05) is 19.8 Å². The maximum absolute atomic E-state index is 13.6. The molecule has 0 saturated heterocycles. The molecule has 29 heavy (non-hydrogen) atoms. The van der Waals surface area contributed by atoms with Gasteiger partial charge in [-0.3, -0.25) is 4.99 Å². The summed E-state index contributed by atoms with van der Waals surface area (Å²) in [4.78, 5) is 8.02. The summed E-state index contributed by atoms with van der Waals surface area (Å²) in [5.41, 5.74) is -3.04. The van der Waals surface area contributed by atoms with Crippen molar-refractivity contribution in [1.82, 2.24) is 20.2 Å². The number of aryl methyl sites for hydroxylation is 1. The number of imidazole rings is 1. The van der Waals surface area contributed by atoms with Gasteiger partial charge in [0, 0.05) is 45.0 Å². The lowest BCUT2D eigenvalue weighted by molar-refractivity contribution is -0.272. The molecule has 166 valence electrons. The zero-order valence-corrected chi connectivity index (χ0v) is 17.6. The lowest BCUT2D eigenvalue weighted by Crippen LogP contribution is -2.46. The first-order valence-electron chi connectivity index (χ1n) is 10.5. The van der Waals surface area contributed by atoms with Gasteiger partial charge in [0.15, 0.2) is 5.96 Å². The van der Waals surface area contributed by atoms with E-state index in [2.05, 4.69) is 27.5 Å². The van der Waals surface area contributed by atoms with Gasteiger partial charge in [0.05, 0.1) is 0 Å². The van der Waals surface area contributed by atoms with E-state index in [1.54, 1.807) is 0 Å². The van der Waals surface area contributed by atoms with Crippen LogP contribution in [-0.2, 0) is 12.6 Å². The lowest BCUT2D eigenvalue weighted by atomic mass is 9.83. The minimum Gasteiger partial charge on any atom is -0.374 e. The molecule has 3 N–H and O–H groups in total. The third-order valence-corrected chi connectivity index (χ3v) is 5.63. The molecule has 0 spiro atoms. The van der Waals surface area contributed by atoms with Crippen molar-refractivity contribution in [2.75, 3.05) is 13.1 Å². The summed E-state index contributed by atoms with van der Waals surface area (Å²) in [7, 11) is 1.43. The zero-order chi connectivity index (χ0) is 21.5. The van der Waals surface area contributed by atoms with E-state index in [1.165, 1.54) is 36.9 Å². The Labute approximate surface area is 171 Å². The highest BCUT2D eigenvalue weighted by molar-refractivity contribution is 5.80. The number of alkyl halides is 3. The smallest absolute Gasteiger partial charge is 0.374 e. The number of nitrogens with zero attached hydrogens (tertiary/aromatic N) is 3. The normalized spacial score (nSPS) is 22.9. The minimum atomic E-state index is -4.84. The molecule has 1 fully saturated rings. The maximum atomic E-state index is 13.6. The van der Waals surface area contributed by atoms with Crippen LogP contribution < -0.4 is 10.6 Å². The van der Waals surface area contributed by atoms with Crippen LogP contribution in [0.2, 0.25) is 0 Å². The predicted molar refractivity (Wildman–Crippen MR) is 108 cm³/mol. The van der Waals surface area contributed by atoms with E-state index in [0.29, 0.717) is 12.5 Å². The number of halogens is 3. The molecule has 1 heterocycles. The maximum Gasteiger partial charge on any atom is 0.424 e. The number of aliphatic imine (C=N–C) groups is 1. The number of aromatic nitrogens is 2. The largest absolute Gasteiger partial charge is 0.424 e. The second-order valence-corrected chi connectivity index (χ2v) is 7.88. The third kappa shape index (κ3) is 6.10. The van der Waals surface area contributed by atoms with E-state index >= 15 is 0 Å². The molecule has 0 radical (unpaired) electrons. The van der Waals surface area contributed by atoms with Crippen LogP contribution in [0.1, 0.15) is 64.6 Å². The Hall–Kier alpha value is -1.77. The fourth-order valence-electron chi connectivity index (χ4n) is 3.99. The van der Waals surface area contributed by atoms with Gasteiger partial charge in [0.25, 0.3) is 0 Å². The molecule has 0 amide bonds. The number of hydrogen-bond acceptors (Lipinski definition) is 3. The molecule has 2 rings (SSSR count). The minimum absolute atomic E-state index is 0.177. The molecular weight excluding hydrogens is 383 g/mol. The predicted octanol–water partition coefficient (Wildman–Crippen LogP) is 3.47. The molecule has 1 unspecified atom stereocenters. The molecular formula is C20H34F3N5O. The lowest BCUT2D eigenvalue weighted by Gasteiger charge is -2.31. The second-order valence-electron chi connectivity index (χ2n) is 7.88.